The van der Waals surface area contributed by atoms with Crippen LogP contribution in [0.15, 0.2) is 24.5 Å². The quantitative estimate of drug-likeness (QED) is 0.861. The average Bonchev–Trinajstić information content (AvgIpc) is 3.12. The van der Waals surface area contributed by atoms with E-state index in [4.69, 9.17) is 4.74 Å². The van der Waals surface area contributed by atoms with Gasteiger partial charge in [-0.25, -0.2) is 4.98 Å². The summed E-state index contributed by atoms with van der Waals surface area (Å²) in [4.78, 5) is 30.7. The number of nitrogens with zero attached hydrogens (tertiary/aromatic N) is 4. The molecule has 0 saturated carbocycles. The number of aromatic nitrogens is 3. The van der Waals surface area contributed by atoms with Crippen LogP contribution in [0.5, 0.6) is 5.88 Å². The monoisotopic (exact) mass is 357 g/mol. The number of nitrogens with one attached hydrogen (secondary N) is 1. The molecule has 2 aromatic rings. The fourth-order valence-electron chi connectivity index (χ4n) is 3.33. The van der Waals surface area contributed by atoms with E-state index in [9.17, 15) is 9.59 Å². The molecule has 1 fully saturated rings. The number of carbonyl (C=O) groups excluding carboxylic acids is 2. The van der Waals surface area contributed by atoms with Gasteiger partial charge in [-0.15, -0.1) is 0 Å². The topological polar surface area (TPSA) is 89.4 Å². The molecule has 0 aliphatic carbocycles. The van der Waals surface area contributed by atoms with Crippen LogP contribution < -0.4 is 10.1 Å². The lowest BCUT2D eigenvalue weighted by molar-refractivity contribution is -0.128. The van der Waals surface area contributed by atoms with Gasteiger partial charge in [0.1, 0.15) is 0 Å². The number of aryl methyl sites for hydroxylation is 1. The summed E-state index contributed by atoms with van der Waals surface area (Å²) in [7, 11) is 5.13. The van der Waals surface area contributed by atoms with Crippen molar-refractivity contribution < 1.29 is 14.3 Å². The number of carbonyl (C=O) groups is 2. The van der Waals surface area contributed by atoms with Crippen molar-refractivity contribution in [3.63, 3.8) is 0 Å². The van der Waals surface area contributed by atoms with Crippen molar-refractivity contribution >= 4 is 11.8 Å². The number of pyridine rings is 1. The smallest absolute Gasteiger partial charge is 0.226 e. The Morgan fingerprint density at radius 2 is 2.19 bits per heavy atom. The van der Waals surface area contributed by atoms with Crippen LogP contribution in [0.3, 0.4) is 0 Å². The second-order valence-electron chi connectivity index (χ2n) is 6.49. The van der Waals surface area contributed by atoms with Crippen molar-refractivity contribution in [3.8, 4) is 5.88 Å². The Morgan fingerprint density at radius 1 is 1.42 bits per heavy atom. The van der Waals surface area contributed by atoms with Gasteiger partial charge in [-0.1, -0.05) is 0 Å². The molecule has 8 heteroatoms. The van der Waals surface area contributed by atoms with E-state index in [0.717, 1.165) is 16.8 Å². The normalized spacial score (nSPS) is 19.7. The predicted octanol–water partition coefficient (Wildman–Crippen LogP) is 0.968. The summed E-state index contributed by atoms with van der Waals surface area (Å²) in [6, 6.07) is 3.29. The van der Waals surface area contributed by atoms with E-state index in [2.05, 4.69) is 15.4 Å². The van der Waals surface area contributed by atoms with Crippen molar-refractivity contribution in [1.82, 2.24) is 25.0 Å². The molecule has 26 heavy (non-hydrogen) atoms. The van der Waals surface area contributed by atoms with Crippen LogP contribution in [-0.4, -0.2) is 45.6 Å². The zero-order chi connectivity index (χ0) is 18.8. The van der Waals surface area contributed by atoms with Gasteiger partial charge >= 0.3 is 0 Å². The summed E-state index contributed by atoms with van der Waals surface area (Å²) in [5.74, 6) is -0.133. The SMILES string of the molecule is COc1cc(CNC(=O)[C@H]2CC(=O)N(C)[C@@H]2c2cnn(C)c2C)ccn1. The van der Waals surface area contributed by atoms with Gasteiger partial charge < -0.3 is 15.0 Å². The summed E-state index contributed by atoms with van der Waals surface area (Å²) in [5.41, 5.74) is 2.75. The summed E-state index contributed by atoms with van der Waals surface area (Å²) < 4.78 is 6.85. The highest BCUT2D eigenvalue weighted by Gasteiger charge is 2.43. The van der Waals surface area contributed by atoms with Crippen LogP contribution in [0.1, 0.15) is 29.3 Å². The maximum Gasteiger partial charge on any atom is 0.226 e. The highest BCUT2D eigenvalue weighted by atomic mass is 16.5. The molecule has 0 aromatic carbocycles. The van der Waals surface area contributed by atoms with Crippen LogP contribution in [0.25, 0.3) is 0 Å². The Morgan fingerprint density at radius 3 is 2.85 bits per heavy atom. The van der Waals surface area contributed by atoms with Gasteiger partial charge in [-0.2, -0.15) is 5.10 Å². The Bertz CT molecular complexity index is 832. The van der Waals surface area contributed by atoms with Crippen LogP contribution in [0, 0.1) is 12.8 Å². The number of hydrogen-bond donors (Lipinski definition) is 1. The molecule has 3 rings (SSSR count). The number of methoxy groups -OCH3 is 1. The molecule has 0 bridgehead atoms. The maximum atomic E-state index is 12.8. The zero-order valence-electron chi connectivity index (χ0n) is 15.4. The van der Waals surface area contributed by atoms with Gasteiger partial charge in [-0.05, 0) is 18.6 Å². The third-order valence-corrected chi connectivity index (χ3v) is 4.99. The van der Waals surface area contributed by atoms with Gasteiger partial charge in [0, 0.05) is 50.6 Å². The van der Waals surface area contributed by atoms with Gasteiger partial charge in [0.15, 0.2) is 0 Å². The summed E-state index contributed by atoms with van der Waals surface area (Å²) in [6.45, 7) is 2.29. The Hall–Kier alpha value is -2.90. The molecule has 0 unspecified atom stereocenters. The largest absolute Gasteiger partial charge is 0.481 e. The molecule has 0 radical (unpaired) electrons. The molecule has 1 saturated heterocycles. The standard InChI is InChI=1S/C18H23N5O3/c1-11-14(10-21-23(11)3)17-13(8-16(24)22(17)2)18(25)20-9-12-5-6-19-15(7-12)26-4/h5-7,10,13,17H,8-9H2,1-4H3,(H,20,25)/t13-,17-/m0/s1. The van der Waals surface area contributed by atoms with Gasteiger partial charge in [-0.3, -0.25) is 14.3 Å². The van der Waals surface area contributed by atoms with Crippen LogP contribution in [0.4, 0.5) is 0 Å². The summed E-state index contributed by atoms with van der Waals surface area (Å²) >= 11 is 0. The third-order valence-electron chi connectivity index (χ3n) is 4.99. The summed E-state index contributed by atoms with van der Waals surface area (Å²) in [6.07, 6.45) is 3.57. The van der Waals surface area contributed by atoms with Crippen LogP contribution in [0.2, 0.25) is 0 Å². The molecular weight excluding hydrogens is 334 g/mol. The molecule has 2 amide bonds. The average molecular weight is 357 g/mol. The van der Waals surface area contributed by atoms with Crippen molar-refractivity contribution in [2.75, 3.05) is 14.2 Å². The predicted molar refractivity (Wildman–Crippen MR) is 94.2 cm³/mol. The number of likely N-dealkylation sites (tertiary alicyclic amines) is 1. The lowest BCUT2D eigenvalue weighted by Gasteiger charge is -2.24. The van der Waals surface area contributed by atoms with Crippen LogP contribution >= 0.6 is 0 Å². The van der Waals surface area contributed by atoms with Crippen molar-refractivity contribution in [1.29, 1.82) is 0 Å². The van der Waals surface area contributed by atoms with E-state index < -0.39 is 5.92 Å². The highest BCUT2D eigenvalue weighted by Crippen LogP contribution is 2.38. The Balaban J connectivity index is 1.76. The number of hydrogen-bond acceptors (Lipinski definition) is 5. The zero-order valence-corrected chi connectivity index (χ0v) is 15.4. The van der Waals surface area contributed by atoms with Crippen molar-refractivity contribution in [2.24, 2.45) is 13.0 Å². The lowest BCUT2D eigenvalue weighted by Crippen LogP contribution is -2.34. The molecule has 8 nitrogen and oxygen atoms in total. The molecule has 2 atom stereocenters. The molecule has 1 aliphatic heterocycles. The van der Waals surface area contributed by atoms with E-state index in [-0.39, 0.29) is 24.3 Å². The first-order valence-corrected chi connectivity index (χ1v) is 8.43. The third kappa shape index (κ3) is 3.26. The molecule has 0 spiro atoms. The van der Waals surface area contributed by atoms with Gasteiger partial charge in [0.25, 0.3) is 0 Å². The fourth-order valence-corrected chi connectivity index (χ4v) is 3.33. The molecule has 3 heterocycles. The molecule has 1 aliphatic rings. The minimum Gasteiger partial charge on any atom is -0.481 e. The molecule has 1 N–H and O–H groups in total. The number of ether oxygens (including phenoxy) is 1. The fraction of sp³-hybridized carbons (Fsp3) is 0.444. The minimum absolute atomic E-state index is 0.0380. The first kappa shape index (κ1) is 17.9. The van der Waals surface area contributed by atoms with E-state index in [1.54, 1.807) is 42.2 Å². The second-order valence-corrected chi connectivity index (χ2v) is 6.49. The Kier molecular flexibility index (Phi) is 4.92. The highest BCUT2D eigenvalue weighted by molar-refractivity contribution is 5.90. The molecule has 138 valence electrons. The first-order valence-electron chi connectivity index (χ1n) is 8.43. The Labute approximate surface area is 152 Å². The number of amides is 2. The minimum atomic E-state index is -0.445. The second kappa shape index (κ2) is 7.15. The van der Waals surface area contributed by atoms with E-state index in [1.165, 1.54) is 0 Å². The van der Waals surface area contributed by atoms with Crippen molar-refractivity contribution in [2.45, 2.75) is 25.9 Å². The lowest BCUT2D eigenvalue weighted by atomic mass is 9.93. The first-order chi connectivity index (χ1) is 12.4. The van der Waals surface area contributed by atoms with Crippen molar-refractivity contribution in [3.05, 3.63) is 41.3 Å². The molecule has 2 aromatic heterocycles. The maximum absolute atomic E-state index is 12.8. The molecular formula is C18H23N5O3. The number of rotatable bonds is 5. The van der Waals surface area contributed by atoms with E-state index >= 15 is 0 Å². The van der Waals surface area contributed by atoms with E-state index in [1.807, 2.05) is 20.0 Å². The summed E-state index contributed by atoms with van der Waals surface area (Å²) in [5, 5.41) is 7.18. The van der Waals surface area contributed by atoms with E-state index in [0.29, 0.717) is 12.4 Å². The van der Waals surface area contributed by atoms with Crippen LogP contribution in [-0.2, 0) is 23.2 Å². The van der Waals surface area contributed by atoms with Gasteiger partial charge in [0.05, 0.1) is 25.3 Å². The van der Waals surface area contributed by atoms with Gasteiger partial charge in [0.2, 0.25) is 17.7 Å².